The van der Waals surface area contributed by atoms with Crippen LogP contribution in [0, 0.1) is 11.3 Å². The van der Waals surface area contributed by atoms with E-state index in [2.05, 4.69) is 31.1 Å². The normalized spacial score (nSPS) is 10.1. The van der Waals surface area contributed by atoms with Gasteiger partial charge in [-0.1, -0.05) is 5.16 Å². The van der Waals surface area contributed by atoms with Crippen molar-refractivity contribution in [2.75, 3.05) is 5.75 Å². The molecule has 0 radical (unpaired) electrons. The number of hydrogen-bond donors (Lipinski definition) is 0. The van der Waals surface area contributed by atoms with Crippen LogP contribution >= 0.6 is 27.7 Å². The first kappa shape index (κ1) is 12.1. The second-order valence-corrected chi connectivity index (χ2v) is 4.84. The fourth-order valence-corrected chi connectivity index (χ4v) is 2.06. The monoisotopic (exact) mass is 310 g/mol. The summed E-state index contributed by atoms with van der Waals surface area (Å²) in [6.07, 6.45) is 1.67. The van der Waals surface area contributed by atoms with E-state index in [1.165, 1.54) is 11.8 Å². The topological polar surface area (TPSA) is 75.6 Å². The van der Waals surface area contributed by atoms with Crippen molar-refractivity contribution in [2.45, 2.75) is 5.75 Å². The summed E-state index contributed by atoms with van der Waals surface area (Å²) in [4.78, 5) is 8.38. The molecule has 2 aromatic heterocycles. The number of nitriles is 1. The highest BCUT2D eigenvalue weighted by Crippen LogP contribution is 2.23. The number of aromatic nitrogens is 3. The second-order valence-electron chi connectivity index (χ2n) is 3.00. The Kier molecular flexibility index (Phi) is 4.12. The summed E-state index contributed by atoms with van der Waals surface area (Å²) in [7, 11) is 0. The van der Waals surface area contributed by atoms with Crippen LogP contribution in [0.2, 0.25) is 0 Å². The van der Waals surface area contributed by atoms with Crippen LogP contribution in [0.15, 0.2) is 27.3 Å². The van der Waals surface area contributed by atoms with Gasteiger partial charge in [0.1, 0.15) is 5.69 Å². The van der Waals surface area contributed by atoms with Gasteiger partial charge in [0.25, 0.3) is 0 Å². The molecule has 0 aliphatic heterocycles. The minimum atomic E-state index is 0.408. The lowest BCUT2D eigenvalue weighted by molar-refractivity contribution is 0.391. The summed E-state index contributed by atoms with van der Waals surface area (Å²) in [5, 5.41) is 12.3. The quantitative estimate of drug-likeness (QED) is 0.808. The average Bonchev–Trinajstić information content (AvgIpc) is 2.79. The van der Waals surface area contributed by atoms with Gasteiger partial charge in [-0.05, 0) is 28.1 Å². The first-order chi connectivity index (χ1) is 8.31. The second kappa shape index (κ2) is 5.80. The molecule has 0 saturated carbocycles. The van der Waals surface area contributed by atoms with Crippen molar-refractivity contribution in [1.29, 1.82) is 5.26 Å². The van der Waals surface area contributed by atoms with Crippen LogP contribution in [0.3, 0.4) is 0 Å². The smallest absolute Gasteiger partial charge is 0.237 e. The third-order valence-corrected chi connectivity index (χ3v) is 3.25. The Labute approximate surface area is 110 Å². The van der Waals surface area contributed by atoms with Crippen LogP contribution in [0.5, 0.6) is 0 Å². The summed E-state index contributed by atoms with van der Waals surface area (Å²) < 4.78 is 5.89. The van der Waals surface area contributed by atoms with E-state index < -0.39 is 0 Å². The largest absolute Gasteiger partial charge is 0.338 e. The molecule has 0 bridgehead atoms. The van der Waals surface area contributed by atoms with Crippen molar-refractivity contribution in [3.05, 3.63) is 28.7 Å². The van der Waals surface area contributed by atoms with Gasteiger partial charge in [0, 0.05) is 10.7 Å². The minimum absolute atomic E-state index is 0.408. The molecule has 86 valence electrons. The van der Waals surface area contributed by atoms with Crippen LogP contribution in [-0.2, 0) is 5.75 Å². The van der Waals surface area contributed by atoms with E-state index in [0.717, 1.165) is 4.47 Å². The molecule has 0 saturated heterocycles. The van der Waals surface area contributed by atoms with E-state index in [0.29, 0.717) is 28.9 Å². The van der Waals surface area contributed by atoms with Gasteiger partial charge in [0.05, 0.1) is 17.6 Å². The molecule has 0 spiro atoms. The average molecular weight is 311 g/mol. The summed E-state index contributed by atoms with van der Waals surface area (Å²) in [5.41, 5.74) is 0.646. The molecule has 0 aromatic carbocycles. The molecule has 2 rings (SSSR count). The van der Waals surface area contributed by atoms with E-state index in [1.54, 1.807) is 6.20 Å². The lowest BCUT2D eigenvalue weighted by Crippen LogP contribution is -1.87. The van der Waals surface area contributed by atoms with E-state index in [9.17, 15) is 0 Å². The summed E-state index contributed by atoms with van der Waals surface area (Å²) >= 11 is 4.80. The van der Waals surface area contributed by atoms with Crippen molar-refractivity contribution < 1.29 is 4.52 Å². The predicted molar refractivity (Wildman–Crippen MR) is 67.0 cm³/mol. The van der Waals surface area contributed by atoms with Crippen LogP contribution in [-0.4, -0.2) is 20.9 Å². The van der Waals surface area contributed by atoms with Crippen molar-refractivity contribution in [2.24, 2.45) is 0 Å². The van der Waals surface area contributed by atoms with Gasteiger partial charge in [-0.15, -0.1) is 11.8 Å². The molecule has 7 heteroatoms. The molecule has 2 heterocycles. The Morgan fingerprint density at radius 3 is 3.18 bits per heavy atom. The molecular formula is C10H7BrN4OS. The fourth-order valence-electron chi connectivity index (χ4n) is 1.14. The van der Waals surface area contributed by atoms with Crippen LogP contribution in [0.25, 0.3) is 11.5 Å². The lowest BCUT2D eigenvalue weighted by atomic mass is 10.3. The van der Waals surface area contributed by atoms with Gasteiger partial charge in [0.2, 0.25) is 11.7 Å². The highest BCUT2D eigenvalue weighted by Gasteiger charge is 2.12. The molecule has 0 atom stereocenters. The Hall–Kier alpha value is -1.39. The predicted octanol–water partition coefficient (Wildman–Crippen LogP) is 2.65. The maximum absolute atomic E-state index is 8.41. The third-order valence-electron chi connectivity index (χ3n) is 1.83. The van der Waals surface area contributed by atoms with E-state index >= 15 is 0 Å². The Balaban J connectivity index is 2.14. The van der Waals surface area contributed by atoms with Gasteiger partial charge >= 0.3 is 0 Å². The Morgan fingerprint density at radius 2 is 2.41 bits per heavy atom. The molecular weight excluding hydrogens is 304 g/mol. The van der Waals surface area contributed by atoms with Gasteiger partial charge < -0.3 is 4.52 Å². The zero-order valence-electron chi connectivity index (χ0n) is 8.63. The third kappa shape index (κ3) is 3.05. The van der Waals surface area contributed by atoms with E-state index in [4.69, 9.17) is 9.78 Å². The van der Waals surface area contributed by atoms with Gasteiger partial charge in [-0.3, -0.25) is 4.98 Å². The molecule has 0 fully saturated rings. The molecule has 0 amide bonds. The molecule has 5 nitrogen and oxygen atoms in total. The van der Waals surface area contributed by atoms with Crippen LogP contribution in [0.1, 0.15) is 5.89 Å². The fraction of sp³-hybridized carbons (Fsp3) is 0.200. The van der Waals surface area contributed by atoms with E-state index in [1.807, 2.05) is 18.2 Å². The van der Waals surface area contributed by atoms with E-state index in [-0.39, 0.29) is 0 Å². The highest BCUT2D eigenvalue weighted by molar-refractivity contribution is 9.10. The molecule has 17 heavy (non-hydrogen) atoms. The van der Waals surface area contributed by atoms with Gasteiger partial charge in [0.15, 0.2) is 0 Å². The maximum atomic E-state index is 8.41. The summed E-state index contributed by atoms with van der Waals surface area (Å²) in [6, 6.07) is 5.72. The molecule has 0 N–H and O–H groups in total. The maximum Gasteiger partial charge on any atom is 0.237 e. The lowest BCUT2D eigenvalue weighted by Gasteiger charge is -1.95. The van der Waals surface area contributed by atoms with Crippen molar-refractivity contribution in [3.63, 3.8) is 0 Å². The number of halogens is 1. The zero-order chi connectivity index (χ0) is 12.1. The molecule has 0 aliphatic rings. The molecule has 2 aromatic rings. The number of thioether (sulfide) groups is 1. The molecule has 0 aliphatic carbocycles. The SMILES string of the molecule is N#CCSCc1nc(-c2ncccc2Br)no1. The number of pyridine rings is 1. The first-order valence-electron chi connectivity index (χ1n) is 4.69. The number of nitrogens with zero attached hydrogens (tertiary/aromatic N) is 4. The highest BCUT2D eigenvalue weighted by atomic mass is 79.9. The van der Waals surface area contributed by atoms with Crippen LogP contribution < -0.4 is 0 Å². The van der Waals surface area contributed by atoms with Gasteiger partial charge in [-0.2, -0.15) is 10.2 Å². The summed E-state index contributed by atoms with van der Waals surface area (Å²) in [6.45, 7) is 0. The molecule has 0 unspecified atom stereocenters. The van der Waals surface area contributed by atoms with Crippen molar-refractivity contribution in [3.8, 4) is 17.6 Å². The van der Waals surface area contributed by atoms with Crippen molar-refractivity contribution in [1.82, 2.24) is 15.1 Å². The number of rotatable bonds is 4. The minimum Gasteiger partial charge on any atom is -0.338 e. The first-order valence-corrected chi connectivity index (χ1v) is 6.64. The Morgan fingerprint density at radius 1 is 1.53 bits per heavy atom. The standard InChI is InChI=1S/C10H7BrN4OS/c11-7-2-1-4-13-9(7)10-14-8(16-15-10)6-17-5-3-12/h1-2,4H,5-6H2. The van der Waals surface area contributed by atoms with Gasteiger partial charge in [-0.25, -0.2) is 0 Å². The zero-order valence-corrected chi connectivity index (χ0v) is 11.0. The van der Waals surface area contributed by atoms with Crippen molar-refractivity contribution >= 4 is 27.7 Å². The Bertz CT molecular complexity index is 551. The van der Waals surface area contributed by atoms with Crippen LogP contribution in [0.4, 0.5) is 0 Å². The number of hydrogen-bond acceptors (Lipinski definition) is 6. The summed E-state index contributed by atoms with van der Waals surface area (Å²) in [5.74, 6) is 1.89.